The molecule has 26 heavy (non-hydrogen) atoms. The Morgan fingerprint density at radius 2 is 2.00 bits per heavy atom. The highest BCUT2D eigenvalue weighted by Gasteiger charge is 2.12. The average molecular weight is 375 g/mol. The van der Waals surface area contributed by atoms with Crippen LogP contribution in [0.15, 0.2) is 29.6 Å². The zero-order valence-electron chi connectivity index (χ0n) is 15.4. The summed E-state index contributed by atoms with van der Waals surface area (Å²) in [6.45, 7) is 6.65. The molecule has 140 valence electrons. The highest BCUT2D eigenvalue weighted by Crippen LogP contribution is 2.32. The minimum Gasteiger partial charge on any atom is -0.493 e. The van der Waals surface area contributed by atoms with Crippen LogP contribution in [-0.4, -0.2) is 36.0 Å². The van der Waals surface area contributed by atoms with E-state index < -0.39 is 0 Å². The largest absolute Gasteiger partial charge is 0.493 e. The topological polar surface area (TPSA) is 80.3 Å². The summed E-state index contributed by atoms with van der Waals surface area (Å²) >= 11 is 1.48. The lowest BCUT2D eigenvalue weighted by atomic mass is 10.2. The van der Waals surface area contributed by atoms with E-state index in [1.165, 1.54) is 11.3 Å². The predicted octanol–water partition coefficient (Wildman–Crippen LogP) is 2.78. The van der Waals surface area contributed by atoms with Crippen molar-refractivity contribution in [3.05, 3.63) is 35.3 Å². The van der Waals surface area contributed by atoms with E-state index in [2.05, 4.69) is 15.6 Å². The van der Waals surface area contributed by atoms with Crippen molar-refractivity contribution in [2.45, 2.75) is 39.7 Å². The zero-order valence-corrected chi connectivity index (χ0v) is 16.2. The molecule has 0 unspecified atom stereocenters. The molecular formula is C19H25N3O3S. The number of amides is 2. The smallest absolute Gasteiger partial charge is 0.226 e. The van der Waals surface area contributed by atoms with Crippen LogP contribution in [0.1, 0.15) is 32.9 Å². The van der Waals surface area contributed by atoms with Crippen molar-refractivity contribution in [1.82, 2.24) is 15.6 Å². The third-order valence-electron chi connectivity index (χ3n) is 3.43. The number of ether oxygens (including phenoxy) is 1. The molecule has 6 nitrogen and oxygen atoms in total. The first-order chi connectivity index (χ1) is 12.5. The standard InChI is InChI=1S/C19H25N3O3S/c1-4-25-16-8-6-5-7-15(16)19-22-14(12-26-19)11-18(24)20-10-9-17(23)21-13(2)3/h5-8,12-13H,4,9-11H2,1-3H3,(H,20,24)(H,21,23). The first kappa shape index (κ1) is 19.9. The molecule has 1 aromatic carbocycles. The van der Waals surface area contributed by atoms with E-state index in [0.717, 1.165) is 16.3 Å². The van der Waals surface area contributed by atoms with Crippen LogP contribution in [0.4, 0.5) is 0 Å². The minimum atomic E-state index is -0.141. The van der Waals surface area contributed by atoms with Crippen LogP contribution in [0.25, 0.3) is 10.6 Å². The average Bonchev–Trinajstić information content (AvgIpc) is 3.03. The van der Waals surface area contributed by atoms with Gasteiger partial charge in [0.25, 0.3) is 0 Å². The maximum atomic E-state index is 12.0. The Labute approximate surface area is 158 Å². The molecule has 0 saturated carbocycles. The lowest BCUT2D eigenvalue weighted by molar-refractivity contribution is -0.122. The normalized spacial score (nSPS) is 10.6. The van der Waals surface area contributed by atoms with Crippen molar-refractivity contribution in [1.29, 1.82) is 0 Å². The Morgan fingerprint density at radius 3 is 2.73 bits per heavy atom. The van der Waals surface area contributed by atoms with Crippen molar-refractivity contribution >= 4 is 23.2 Å². The van der Waals surface area contributed by atoms with Gasteiger partial charge >= 0.3 is 0 Å². The van der Waals surface area contributed by atoms with E-state index in [9.17, 15) is 9.59 Å². The second kappa shape index (κ2) is 9.91. The Morgan fingerprint density at radius 1 is 1.23 bits per heavy atom. The first-order valence-electron chi connectivity index (χ1n) is 8.72. The Bertz CT molecular complexity index is 743. The molecule has 0 aliphatic carbocycles. The summed E-state index contributed by atoms with van der Waals surface area (Å²) in [5.41, 5.74) is 1.64. The summed E-state index contributed by atoms with van der Waals surface area (Å²) < 4.78 is 5.63. The first-order valence-corrected chi connectivity index (χ1v) is 9.60. The van der Waals surface area contributed by atoms with Crippen LogP contribution in [0.5, 0.6) is 5.75 Å². The van der Waals surface area contributed by atoms with Gasteiger partial charge in [-0.25, -0.2) is 4.98 Å². The fraction of sp³-hybridized carbons (Fsp3) is 0.421. The van der Waals surface area contributed by atoms with Crippen molar-refractivity contribution in [3.8, 4) is 16.3 Å². The van der Waals surface area contributed by atoms with Crippen molar-refractivity contribution in [2.75, 3.05) is 13.2 Å². The SMILES string of the molecule is CCOc1ccccc1-c1nc(CC(=O)NCCC(=O)NC(C)C)cs1. The summed E-state index contributed by atoms with van der Waals surface area (Å²) in [5, 5.41) is 8.25. The van der Waals surface area contributed by atoms with E-state index in [0.29, 0.717) is 18.8 Å². The second-order valence-electron chi connectivity index (χ2n) is 6.07. The number of thiazole rings is 1. The number of carbonyl (C=O) groups excluding carboxylic acids is 2. The van der Waals surface area contributed by atoms with E-state index in [1.807, 2.05) is 50.4 Å². The number of nitrogens with one attached hydrogen (secondary N) is 2. The minimum absolute atomic E-state index is 0.0659. The molecule has 1 heterocycles. The summed E-state index contributed by atoms with van der Waals surface area (Å²) in [6, 6.07) is 7.83. The van der Waals surface area contributed by atoms with Gasteiger partial charge in [-0.1, -0.05) is 12.1 Å². The number of rotatable bonds is 9. The van der Waals surface area contributed by atoms with Crippen LogP contribution < -0.4 is 15.4 Å². The maximum absolute atomic E-state index is 12.0. The van der Waals surface area contributed by atoms with Crippen molar-refractivity contribution in [3.63, 3.8) is 0 Å². The zero-order chi connectivity index (χ0) is 18.9. The van der Waals surface area contributed by atoms with E-state index in [-0.39, 0.29) is 30.7 Å². The van der Waals surface area contributed by atoms with Crippen molar-refractivity contribution < 1.29 is 14.3 Å². The molecule has 0 spiro atoms. The summed E-state index contributed by atoms with van der Waals surface area (Å²) in [6.07, 6.45) is 0.465. The summed E-state index contributed by atoms with van der Waals surface area (Å²) in [7, 11) is 0. The number of hydrogen-bond acceptors (Lipinski definition) is 5. The van der Waals surface area contributed by atoms with E-state index in [1.54, 1.807) is 0 Å². The van der Waals surface area contributed by atoms with Gasteiger partial charge in [-0.15, -0.1) is 11.3 Å². The predicted molar refractivity (Wildman–Crippen MR) is 103 cm³/mol. The van der Waals surface area contributed by atoms with Gasteiger partial charge in [-0.3, -0.25) is 9.59 Å². The third-order valence-corrected chi connectivity index (χ3v) is 4.36. The molecule has 2 amide bonds. The molecule has 0 fully saturated rings. The number of hydrogen-bond donors (Lipinski definition) is 2. The number of carbonyl (C=O) groups is 2. The molecule has 2 N–H and O–H groups in total. The maximum Gasteiger partial charge on any atom is 0.226 e. The monoisotopic (exact) mass is 375 g/mol. The van der Waals surface area contributed by atoms with Crippen LogP contribution in [-0.2, 0) is 16.0 Å². The number of para-hydroxylation sites is 1. The Balaban J connectivity index is 1.88. The number of aromatic nitrogens is 1. The molecule has 0 bridgehead atoms. The Hall–Kier alpha value is -2.41. The molecule has 1 aromatic heterocycles. The van der Waals surface area contributed by atoms with Gasteiger partial charge < -0.3 is 15.4 Å². The highest BCUT2D eigenvalue weighted by molar-refractivity contribution is 7.13. The Kier molecular flexibility index (Phi) is 7.59. The van der Waals surface area contributed by atoms with Gasteiger partial charge in [-0.05, 0) is 32.9 Å². The van der Waals surface area contributed by atoms with E-state index in [4.69, 9.17) is 4.74 Å². The molecular weight excluding hydrogens is 350 g/mol. The molecule has 0 atom stereocenters. The molecule has 0 aliphatic heterocycles. The van der Waals surface area contributed by atoms with Crippen LogP contribution in [0, 0.1) is 0 Å². The summed E-state index contributed by atoms with van der Waals surface area (Å²) in [4.78, 5) is 28.1. The van der Waals surface area contributed by atoms with Crippen LogP contribution in [0.2, 0.25) is 0 Å². The summed E-state index contributed by atoms with van der Waals surface area (Å²) in [5.74, 6) is 0.581. The van der Waals surface area contributed by atoms with Gasteiger partial charge in [0.2, 0.25) is 11.8 Å². The van der Waals surface area contributed by atoms with Crippen molar-refractivity contribution in [2.24, 2.45) is 0 Å². The van der Waals surface area contributed by atoms with E-state index >= 15 is 0 Å². The molecule has 2 rings (SSSR count). The fourth-order valence-electron chi connectivity index (χ4n) is 2.37. The quantitative estimate of drug-likeness (QED) is 0.706. The van der Waals surface area contributed by atoms with Gasteiger partial charge in [0.05, 0.1) is 24.3 Å². The molecule has 0 aliphatic rings. The number of nitrogens with zero attached hydrogens (tertiary/aromatic N) is 1. The van der Waals surface area contributed by atoms with Gasteiger partial charge in [0.15, 0.2) is 0 Å². The molecule has 7 heteroatoms. The van der Waals surface area contributed by atoms with Crippen LogP contribution in [0.3, 0.4) is 0 Å². The third kappa shape index (κ3) is 6.15. The molecule has 0 radical (unpaired) electrons. The lowest BCUT2D eigenvalue weighted by Crippen LogP contribution is -2.34. The van der Waals surface area contributed by atoms with Gasteiger partial charge in [0.1, 0.15) is 10.8 Å². The van der Waals surface area contributed by atoms with Crippen LogP contribution >= 0.6 is 11.3 Å². The highest BCUT2D eigenvalue weighted by atomic mass is 32.1. The second-order valence-corrected chi connectivity index (χ2v) is 6.93. The number of benzene rings is 1. The van der Waals surface area contributed by atoms with Gasteiger partial charge in [0, 0.05) is 24.4 Å². The molecule has 0 saturated heterocycles. The fourth-order valence-corrected chi connectivity index (χ4v) is 3.22. The molecule has 2 aromatic rings. The lowest BCUT2D eigenvalue weighted by Gasteiger charge is -2.08. The van der Waals surface area contributed by atoms with Gasteiger partial charge in [-0.2, -0.15) is 0 Å².